The van der Waals surface area contributed by atoms with Gasteiger partial charge in [-0.1, -0.05) is 6.07 Å². The van der Waals surface area contributed by atoms with Gasteiger partial charge < -0.3 is 19.8 Å². The molecule has 2 aliphatic rings. The molecule has 6 nitrogen and oxygen atoms in total. The summed E-state index contributed by atoms with van der Waals surface area (Å²) in [5.41, 5.74) is 12.1. The molecule has 2 aliphatic heterocycles. The van der Waals surface area contributed by atoms with Crippen LogP contribution in [-0.4, -0.2) is 34.5 Å². The molecule has 2 N–H and O–H groups in total. The van der Waals surface area contributed by atoms with E-state index < -0.39 is 0 Å². The van der Waals surface area contributed by atoms with E-state index in [0.29, 0.717) is 18.2 Å². The van der Waals surface area contributed by atoms with Crippen LogP contribution in [0.3, 0.4) is 0 Å². The van der Waals surface area contributed by atoms with Gasteiger partial charge in [-0.3, -0.25) is 9.78 Å². The summed E-state index contributed by atoms with van der Waals surface area (Å²) >= 11 is 0. The Labute approximate surface area is 170 Å². The molecule has 5 rings (SSSR count). The van der Waals surface area contributed by atoms with Crippen LogP contribution in [0.1, 0.15) is 41.3 Å². The molecule has 0 amide bonds. The molecule has 150 valence electrons. The SMILES string of the molecule is Cc1cn2cc(C3Cc4ccc(N5CCC(N)CC5)cc4OC3=O)cc2c(C)n1. The quantitative estimate of drug-likeness (QED) is 0.538. The van der Waals surface area contributed by atoms with Crippen LogP contribution in [0.2, 0.25) is 0 Å². The second-order valence-electron chi connectivity index (χ2n) is 8.33. The summed E-state index contributed by atoms with van der Waals surface area (Å²) in [7, 11) is 0. The normalized spacial score (nSPS) is 20.0. The summed E-state index contributed by atoms with van der Waals surface area (Å²) in [6, 6.07) is 8.60. The third-order valence-corrected chi connectivity index (χ3v) is 6.19. The lowest BCUT2D eigenvalue weighted by atomic mass is 9.91. The summed E-state index contributed by atoms with van der Waals surface area (Å²) < 4.78 is 7.84. The van der Waals surface area contributed by atoms with Crippen LogP contribution in [0.15, 0.2) is 36.7 Å². The van der Waals surface area contributed by atoms with Crippen molar-refractivity contribution in [1.29, 1.82) is 0 Å². The van der Waals surface area contributed by atoms with E-state index in [9.17, 15) is 4.79 Å². The molecule has 1 fully saturated rings. The first-order valence-electron chi connectivity index (χ1n) is 10.3. The first kappa shape index (κ1) is 18.2. The number of aryl methyl sites for hydroxylation is 2. The summed E-state index contributed by atoms with van der Waals surface area (Å²) in [6.07, 6.45) is 6.66. The van der Waals surface area contributed by atoms with Crippen molar-refractivity contribution in [3.63, 3.8) is 0 Å². The summed E-state index contributed by atoms with van der Waals surface area (Å²) in [6.45, 7) is 5.86. The van der Waals surface area contributed by atoms with Crippen molar-refractivity contribution in [2.75, 3.05) is 18.0 Å². The van der Waals surface area contributed by atoms with Gasteiger partial charge in [0.05, 0.1) is 22.8 Å². The van der Waals surface area contributed by atoms with Crippen LogP contribution < -0.4 is 15.4 Å². The number of nitrogens with two attached hydrogens (primary N) is 1. The highest BCUT2D eigenvalue weighted by molar-refractivity contribution is 5.84. The molecule has 2 aromatic heterocycles. The second-order valence-corrected chi connectivity index (χ2v) is 8.33. The number of anilines is 1. The van der Waals surface area contributed by atoms with E-state index in [1.165, 1.54) is 0 Å². The zero-order valence-electron chi connectivity index (χ0n) is 16.9. The van der Waals surface area contributed by atoms with Crippen molar-refractivity contribution in [3.8, 4) is 5.75 Å². The molecule has 0 saturated carbocycles. The standard InChI is InChI=1S/C23H26N4O2/c1-14-12-27-13-17(10-21(27)15(2)25-14)20-9-16-3-4-19(11-22(16)29-23(20)28)26-7-5-18(24)6-8-26/h3-4,10-13,18,20H,5-9,24H2,1-2H3. The Morgan fingerprint density at radius 2 is 1.93 bits per heavy atom. The average molecular weight is 390 g/mol. The van der Waals surface area contributed by atoms with E-state index >= 15 is 0 Å². The lowest BCUT2D eigenvalue weighted by molar-refractivity contribution is -0.137. The first-order valence-corrected chi connectivity index (χ1v) is 10.3. The Morgan fingerprint density at radius 1 is 1.14 bits per heavy atom. The molecular weight excluding hydrogens is 364 g/mol. The number of fused-ring (bicyclic) bond motifs is 2. The maximum Gasteiger partial charge on any atom is 0.319 e. The molecule has 3 aromatic rings. The third kappa shape index (κ3) is 3.27. The number of rotatable bonds is 2. The molecule has 0 spiro atoms. The Morgan fingerprint density at radius 3 is 2.72 bits per heavy atom. The molecule has 0 bridgehead atoms. The molecule has 1 aromatic carbocycles. The van der Waals surface area contributed by atoms with E-state index in [-0.39, 0.29) is 11.9 Å². The monoisotopic (exact) mass is 390 g/mol. The molecule has 0 aliphatic carbocycles. The van der Waals surface area contributed by atoms with Gasteiger partial charge in [0, 0.05) is 43.3 Å². The molecule has 4 heterocycles. The zero-order valence-corrected chi connectivity index (χ0v) is 16.9. The topological polar surface area (TPSA) is 72.9 Å². The average Bonchev–Trinajstić information content (AvgIpc) is 3.11. The first-order chi connectivity index (χ1) is 14.0. The maximum atomic E-state index is 12.8. The lowest BCUT2D eigenvalue weighted by Crippen LogP contribution is -2.39. The van der Waals surface area contributed by atoms with Gasteiger partial charge in [-0.05, 0) is 56.4 Å². The number of hydrogen-bond acceptors (Lipinski definition) is 5. The number of carbonyl (C=O) groups excluding carboxylic acids is 1. The van der Waals surface area contributed by atoms with Gasteiger partial charge in [0.15, 0.2) is 0 Å². The Kier molecular flexibility index (Phi) is 4.32. The van der Waals surface area contributed by atoms with Gasteiger partial charge >= 0.3 is 5.97 Å². The smallest absolute Gasteiger partial charge is 0.319 e. The number of aromatic nitrogens is 2. The highest BCUT2D eigenvalue weighted by atomic mass is 16.5. The fraction of sp³-hybridized carbons (Fsp3) is 0.391. The van der Waals surface area contributed by atoms with Gasteiger partial charge in [-0.2, -0.15) is 0 Å². The minimum Gasteiger partial charge on any atom is -0.426 e. The van der Waals surface area contributed by atoms with Gasteiger partial charge in [0.1, 0.15) is 5.75 Å². The van der Waals surface area contributed by atoms with Crippen molar-refractivity contribution in [1.82, 2.24) is 9.38 Å². The van der Waals surface area contributed by atoms with E-state index in [1.54, 1.807) is 0 Å². The van der Waals surface area contributed by atoms with Crippen molar-refractivity contribution in [2.24, 2.45) is 5.73 Å². The van der Waals surface area contributed by atoms with Crippen LogP contribution in [0.25, 0.3) is 5.52 Å². The van der Waals surface area contributed by atoms with Crippen molar-refractivity contribution < 1.29 is 9.53 Å². The number of esters is 1. The fourth-order valence-electron chi connectivity index (χ4n) is 4.54. The minimum absolute atomic E-state index is 0.187. The molecule has 0 radical (unpaired) electrons. The molecule has 1 saturated heterocycles. The van der Waals surface area contributed by atoms with Crippen molar-refractivity contribution >= 4 is 17.2 Å². The molecular formula is C23H26N4O2. The minimum atomic E-state index is -0.291. The highest BCUT2D eigenvalue weighted by Gasteiger charge is 2.31. The predicted molar refractivity (Wildman–Crippen MR) is 113 cm³/mol. The van der Waals surface area contributed by atoms with E-state index in [4.69, 9.17) is 10.5 Å². The molecule has 1 unspecified atom stereocenters. The summed E-state index contributed by atoms with van der Waals surface area (Å²) in [4.78, 5) is 19.7. The number of nitrogens with zero attached hydrogens (tertiary/aromatic N) is 3. The van der Waals surface area contributed by atoms with E-state index in [2.05, 4.69) is 32.5 Å². The zero-order chi connectivity index (χ0) is 20.1. The number of hydrogen-bond donors (Lipinski definition) is 1. The Hall–Kier alpha value is -2.86. The Balaban J connectivity index is 1.42. The molecule has 29 heavy (non-hydrogen) atoms. The number of carbonyl (C=O) groups is 1. The molecule has 6 heteroatoms. The van der Waals surface area contributed by atoms with Crippen LogP contribution in [0.4, 0.5) is 5.69 Å². The van der Waals surface area contributed by atoms with Crippen LogP contribution in [0.5, 0.6) is 5.75 Å². The van der Waals surface area contributed by atoms with E-state index in [0.717, 1.165) is 59.7 Å². The van der Waals surface area contributed by atoms with Crippen LogP contribution in [-0.2, 0) is 11.2 Å². The maximum absolute atomic E-state index is 12.8. The second kappa shape index (κ2) is 6.88. The van der Waals surface area contributed by atoms with Crippen LogP contribution >= 0.6 is 0 Å². The number of piperidine rings is 1. The fourth-order valence-corrected chi connectivity index (χ4v) is 4.54. The Bertz CT molecular complexity index is 1100. The lowest BCUT2D eigenvalue weighted by Gasteiger charge is -2.33. The van der Waals surface area contributed by atoms with Crippen LogP contribution in [0, 0.1) is 13.8 Å². The largest absolute Gasteiger partial charge is 0.426 e. The van der Waals surface area contributed by atoms with E-state index in [1.807, 2.05) is 32.3 Å². The summed E-state index contributed by atoms with van der Waals surface area (Å²) in [5, 5.41) is 0. The number of ether oxygens (including phenoxy) is 1. The van der Waals surface area contributed by atoms with Gasteiger partial charge in [-0.15, -0.1) is 0 Å². The van der Waals surface area contributed by atoms with Gasteiger partial charge in [0.2, 0.25) is 0 Å². The molecule has 1 atom stereocenters. The highest BCUT2D eigenvalue weighted by Crippen LogP contribution is 2.37. The number of benzene rings is 1. The van der Waals surface area contributed by atoms with Gasteiger partial charge in [0.25, 0.3) is 0 Å². The summed E-state index contributed by atoms with van der Waals surface area (Å²) in [5.74, 6) is 0.213. The predicted octanol–water partition coefficient (Wildman–Crippen LogP) is 3.12. The van der Waals surface area contributed by atoms with Crippen molar-refractivity contribution in [2.45, 2.75) is 45.1 Å². The van der Waals surface area contributed by atoms with Gasteiger partial charge in [-0.25, -0.2) is 0 Å². The van der Waals surface area contributed by atoms with Crippen molar-refractivity contribution in [3.05, 3.63) is 59.2 Å². The third-order valence-electron chi connectivity index (χ3n) is 6.19.